The average molecular weight is 234 g/mol. The molecule has 0 radical (unpaired) electrons. The van der Waals surface area contributed by atoms with Gasteiger partial charge in [0, 0.05) is 0 Å². The number of hydrogen-bond donors (Lipinski definition) is 0. The summed E-state index contributed by atoms with van der Waals surface area (Å²) < 4.78 is 11.0. The minimum Gasteiger partial charge on any atom is -0.493 e. The zero-order valence-corrected chi connectivity index (χ0v) is 10.6. The maximum Gasteiger partial charge on any atom is 0.207 e. The summed E-state index contributed by atoms with van der Waals surface area (Å²) in [4.78, 5) is 12.1. The first-order chi connectivity index (χ1) is 8.21. The molecule has 0 saturated heterocycles. The van der Waals surface area contributed by atoms with Gasteiger partial charge in [0.1, 0.15) is 0 Å². The second kappa shape index (κ2) is 4.78. The number of carbonyl (C=O) groups is 1. The van der Waals surface area contributed by atoms with Crippen LogP contribution in [-0.2, 0) is 6.42 Å². The molecule has 17 heavy (non-hydrogen) atoms. The van der Waals surface area contributed by atoms with Crippen LogP contribution >= 0.6 is 0 Å². The van der Waals surface area contributed by atoms with Crippen molar-refractivity contribution in [3.63, 3.8) is 0 Å². The van der Waals surface area contributed by atoms with Gasteiger partial charge in [0.15, 0.2) is 17.6 Å². The minimum atomic E-state index is -0.323. The first-order valence-electron chi connectivity index (χ1n) is 6.13. The molecule has 0 spiro atoms. The molecule has 1 aliphatic rings. The summed E-state index contributed by atoms with van der Waals surface area (Å²) >= 11 is 0. The van der Waals surface area contributed by atoms with E-state index in [-0.39, 0.29) is 11.9 Å². The van der Waals surface area contributed by atoms with Crippen molar-refractivity contribution in [1.29, 1.82) is 0 Å². The zero-order valence-electron chi connectivity index (χ0n) is 10.6. The van der Waals surface area contributed by atoms with Gasteiger partial charge in [-0.05, 0) is 30.5 Å². The third-order valence-electron chi connectivity index (χ3n) is 3.11. The van der Waals surface area contributed by atoms with Gasteiger partial charge in [-0.1, -0.05) is 20.3 Å². The van der Waals surface area contributed by atoms with Crippen LogP contribution in [0.3, 0.4) is 0 Å². The summed E-state index contributed by atoms with van der Waals surface area (Å²) in [5.74, 6) is 1.38. The number of aryl methyl sites for hydroxylation is 1. The third-order valence-corrected chi connectivity index (χ3v) is 3.11. The summed E-state index contributed by atoms with van der Waals surface area (Å²) in [7, 11) is 1.61. The third kappa shape index (κ3) is 2.02. The van der Waals surface area contributed by atoms with Gasteiger partial charge in [0.2, 0.25) is 5.78 Å². The van der Waals surface area contributed by atoms with Crippen molar-refractivity contribution < 1.29 is 14.3 Å². The molecular formula is C14H18O3. The summed E-state index contributed by atoms with van der Waals surface area (Å²) in [6.45, 7) is 4.11. The van der Waals surface area contributed by atoms with Crippen LogP contribution in [0.15, 0.2) is 12.1 Å². The molecule has 1 unspecified atom stereocenters. The topological polar surface area (TPSA) is 35.5 Å². The van der Waals surface area contributed by atoms with E-state index in [9.17, 15) is 4.79 Å². The highest BCUT2D eigenvalue weighted by atomic mass is 16.5. The van der Waals surface area contributed by atoms with Gasteiger partial charge in [0.25, 0.3) is 0 Å². The molecule has 0 N–H and O–H groups in total. The van der Waals surface area contributed by atoms with Crippen molar-refractivity contribution in [3.8, 4) is 11.5 Å². The predicted molar refractivity (Wildman–Crippen MR) is 66.0 cm³/mol. The summed E-state index contributed by atoms with van der Waals surface area (Å²) in [6.07, 6.45) is 2.26. The van der Waals surface area contributed by atoms with Crippen LogP contribution in [0.25, 0.3) is 0 Å². The quantitative estimate of drug-likeness (QED) is 0.803. The lowest BCUT2D eigenvalue weighted by atomic mass is 10.0. The lowest BCUT2D eigenvalue weighted by Gasteiger charge is -2.10. The lowest BCUT2D eigenvalue weighted by molar-refractivity contribution is 0.0843. The predicted octanol–water partition coefficient (Wildman–Crippen LogP) is 3.00. The SMILES string of the molecule is CCCC1Oc2c(OC)cc(CC)cc2C1=O. The Kier molecular flexibility index (Phi) is 3.36. The first-order valence-corrected chi connectivity index (χ1v) is 6.13. The molecule has 1 heterocycles. The van der Waals surface area contributed by atoms with E-state index in [2.05, 4.69) is 6.92 Å². The van der Waals surface area contributed by atoms with E-state index in [1.165, 1.54) is 0 Å². The number of rotatable bonds is 4. The van der Waals surface area contributed by atoms with Crippen molar-refractivity contribution in [2.45, 2.75) is 39.2 Å². The van der Waals surface area contributed by atoms with Crippen molar-refractivity contribution in [2.75, 3.05) is 7.11 Å². The molecule has 3 nitrogen and oxygen atoms in total. The molecule has 0 saturated carbocycles. The van der Waals surface area contributed by atoms with E-state index in [0.717, 1.165) is 24.8 Å². The molecule has 0 aromatic heterocycles. The fourth-order valence-corrected chi connectivity index (χ4v) is 2.14. The molecule has 0 fully saturated rings. The molecule has 1 aliphatic heterocycles. The fraction of sp³-hybridized carbons (Fsp3) is 0.500. The Hall–Kier alpha value is -1.51. The maximum atomic E-state index is 12.1. The Balaban J connectivity index is 2.42. The highest BCUT2D eigenvalue weighted by molar-refractivity contribution is 6.05. The van der Waals surface area contributed by atoms with E-state index in [4.69, 9.17) is 9.47 Å². The summed E-state index contributed by atoms with van der Waals surface area (Å²) in [5, 5.41) is 0. The summed E-state index contributed by atoms with van der Waals surface area (Å²) in [5.41, 5.74) is 1.79. The Morgan fingerprint density at radius 1 is 1.35 bits per heavy atom. The van der Waals surface area contributed by atoms with Crippen LogP contribution in [-0.4, -0.2) is 19.0 Å². The second-order valence-electron chi connectivity index (χ2n) is 4.29. The van der Waals surface area contributed by atoms with Crippen molar-refractivity contribution >= 4 is 5.78 Å². The number of benzene rings is 1. The monoisotopic (exact) mass is 234 g/mol. The van der Waals surface area contributed by atoms with Gasteiger partial charge in [0.05, 0.1) is 12.7 Å². The van der Waals surface area contributed by atoms with E-state index < -0.39 is 0 Å². The Morgan fingerprint density at radius 2 is 2.12 bits per heavy atom. The number of carbonyl (C=O) groups excluding carboxylic acids is 1. The van der Waals surface area contributed by atoms with E-state index in [1.54, 1.807) is 7.11 Å². The number of hydrogen-bond acceptors (Lipinski definition) is 3. The maximum absolute atomic E-state index is 12.1. The van der Waals surface area contributed by atoms with Crippen LogP contribution < -0.4 is 9.47 Å². The average Bonchev–Trinajstić information content (AvgIpc) is 2.66. The standard InChI is InChI=1S/C14H18O3/c1-4-6-11-13(15)10-7-9(5-2)8-12(16-3)14(10)17-11/h7-8,11H,4-6H2,1-3H3. The lowest BCUT2D eigenvalue weighted by Crippen LogP contribution is -2.19. The van der Waals surface area contributed by atoms with Crippen LogP contribution in [0.5, 0.6) is 11.5 Å². The first kappa shape index (κ1) is 12.0. The van der Waals surface area contributed by atoms with Crippen LogP contribution in [0.2, 0.25) is 0 Å². The largest absolute Gasteiger partial charge is 0.493 e. The highest BCUT2D eigenvalue weighted by Crippen LogP contribution is 2.39. The van der Waals surface area contributed by atoms with Crippen LogP contribution in [0, 0.1) is 0 Å². The molecule has 1 aromatic rings. The Bertz CT molecular complexity index is 437. The second-order valence-corrected chi connectivity index (χ2v) is 4.29. The van der Waals surface area contributed by atoms with Gasteiger partial charge >= 0.3 is 0 Å². The number of methoxy groups -OCH3 is 1. The molecular weight excluding hydrogens is 216 g/mol. The Morgan fingerprint density at radius 3 is 2.71 bits per heavy atom. The van der Waals surface area contributed by atoms with E-state index in [1.807, 2.05) is 19.1 Å². The number of Topliss-reactive ketones (excluding diaryl/α,β-unsaturated/α-hetero) is 1. The summed E-state index contributed by atoms with van der Waals surface area (Å²) in [6, 6.07) is 3.87. The Labute approximate surface area is 102 Å². The number of ether oxygens (including phenoxy) is 2. The molecule has 1 aromatic carbocycles. The molecule has 92 valence electrons. The molecule has 0 amide bonds. The van der Waals surface area contributed by atoms with Crippen molar-refractivity contribution in [1.82, 2.24) is 0 Å². The fourth-order valence-electron chi connectivity index (χ4n) is 2.14. The van der Waals surface area contributed by atoms with E-state index in [0.29, 0.717) is 17.1 Å². The van der Waals surface area contributed by atoms with Gasteiger partial charge in [-0.25, -0.2) is 0 Å². The van der Waals surface area contributed by atoms with Crippen molar-refractivity contribution in [2.24, 2.45) is 0 Å². The molecule has 3 heteroatoms. The smallest absolute Gasteiger partial charge is 0.207 e. The molecule has 0 aliphatic carbocycles. The number of ketones is 1. The zero-order chi connectivity index (χ0) is 12.4. The van der Waals surface area contributed by atoms with Gasteiger partial charge in [-0.2, -0.15) is 0 Å². The molecule has 0 bridgehead atoms. The van der Waals surface area contributed by atoms with Gasteiger partial charge in [-0.3, -0.25) is 4.79 Å². The highest BCUT2D eigenvalue weighted by Gasteiger charge is 2.34. The normalized spacial score (nSPS) is 17.8. The minimum absolute atomic E-state index is 0.0930. The van der Waals surface area contributed by atoms with Crippen LogP contribution in [0.1, 0.15) is 42.6 Å². The van der Waals surface area contributed by atoms with Gasteiger partial charge < -0.3 is 9.47 Å². The van der Waals surface area contributed by atoms with Crippen molar-refractivity contribution in [3.05, 3.63) is 23.3 Å². The van der Waals surface area contributed by atoms with E-state index >= 15 is 0 Å². The van der Waals surface area contributed by atoms with Crippen LogP contribution in [0.4, 0.5) is 0 Å². The van der Waals surface area contributed by atoms with Gasteiger partial charge in [-0.15, -0.1) is 0 Å². The molecule has 1 atom stereocenters. The number of fused-ring (bicyclic) bond motifs is 1. The molecule has 2 rings (SSSR count).